The van der Waals surface area contributed by atoms with Gasteiger partial charge >= 0.3 is 0 Å². The lowest BCUT2D eigenvalue weighted by Crippen LogP contribution is -2.41. The summed E-state index contributed by atoms with van der Waals surface area (Å²) in [4.78, 5) is 11.8. The van der Waals surface area contributed by atoms with Gasteiger partial charge in [-0.1, -0.05) is 99.6 Å². The van der Waals surface area contributed by atoms with Gasteiger partial charge in [-0.25, -0.2) is 0 Å². The molecule has 3 aromatic carbocycles. The van der Waals surface area contributed by atoms with E-state index in [1.165, 1.54) is 27.8 Å². The Bertz CT molecular complexity index is 1180. The molecule has 0 aliphatic heterocycles. The highest BCUT2D eigenvalue weighted by atomic mass is 28.4. The summed E-state index contributed by atoms with van der Waals surface area (Å²) >= 11 is 0. The molecule has 0 heterocycles. The predicted octanol–water partition coefficient (Wildman–Crippen LogP) is 8.31. The van der Waals surface area contributed by atoms with E-state index in [-0.39, 0.29) is 16.9 Å². The minimum Gasteiger partial charge on any atom is -0.410 e. The number of Topliss-reactive ketones (excluding diaryl/α,β-unsaturated/α-hetero) is 1. The van der Waals surface area contributed by atoms with Crippen molar-refractivity contribution in [1.82, 2.24) is 0 Å². The third kappa shape index (κ3) is 4.66. The Morgan fingerprint density at radius 1 is 0.818 bits per heavy atom. The number of ketones is 1. The summed E-state index contributed by atoms with van der Waals surface area (Å²) in [5.74, 6) is 0.0875. The molecule has 0 N–H and O–H groups in total. The number of rotatable bonds is 5. The molecule has 2 nitrogen and oxygen atoms in total. The molecule has 1 atom stereocenters. The Balaban J connectivity index is 1.88. The van der Waals surface area contributed by atoms with Crippen molar-refractivity contribution < 1.29 is 9.22 Å². The van der Waals surface area contributed by atoms with Gasteiger partial charge in [0.25, 0.3) is 0 Å². The molecule has 33 heavy (non-hydrogen) atoms. The SMILES string of the molecule is CC(=O)c1ccc(/C(=C2\CC(O[Si](C)(C)C(C)(C)C)c3ccccc32)c2ccccc2)cc1. The minimum atomic E-state index is -1.94. The Morgan fingerprint density at radius 3 is 1.97 bits per heavy atom. The summed E-state index contributed by atoms with van der Waals surface area (Å²) in [6, 6.07) is 27.3. The largest absolute Gasteiger partial charge is 0.410 e. The summed E-state index contributed by atoms with van der Waals surface area (Å²) in [5.41, 5.74) is 8.15. The zero-order chi connectivity index (χ0) is 23.8. The van der Waals surface area contributed by atoms with Crippen LogP contribution in [0.5, 0.6) is 0 Å². The zero-order valence-corrected chi connectivity index (χ0v) is 21.6. The fourth-order valence-corrected chi connectivity index (χ4v) is 5.60. The van der Waals surface area contributed by atoms with Crippen molar-refractivity contribution in [3.05, 3.63) is 107 Å². The van der Waals surface area contributed by atoms with E-state index in [0.29, 0.717) is 0 Å². The summed E-state index contributed by atoms with van der Waals surface area (Å²) in [7, 11) is -1.94. The fraction of sp³-hybridized carbons (Fsp3) is 0.300. The number of hydrogen-bond donors (Lipinski definition) is 0. The second-order valence-electron chi connectivity index (χ2n) is 10.5. The van der Waals surface area contributed by atoms with E-state index < -0.39 is 8.32 Å². The third-order valence-corrected chi connectivity index (χ3v) is 11.7. The molecule has 0 bridgehead atoms. The summed E-state index contributed by atoms with van der Waals surface area (Å²) in [6.45, 7) is 13.2. The minimum absolute atomic E-state index is 0.0623. The van der Waals surface area contributed by atoms with Crippen molar-refractivity contribution in [2.45, 2.75) is 58.4 Å². The Labute approximate surface area is 199 Å². The molecule has 0 spiro atoms. The second kappa shape index (κ2) is 8.89. The van der Waals surface area contributed by atoms with Gasteiger partial charge < -0.3 is 4.43 Å². The molecular formula is C30H34O2Si. The average molecular weight is 455 g/mol. The predicted molar refractivity (Wildman–Crippen MR) is 141 cm³/mol. The van der Waals surface area contributed by atoms with Gasteiger partial charge in [0.2, 0.25) is 0 Å². The zero-order valence-electron chi connectivity index (χ0n) is 20.6. The van der Waals surface area contributed by atoms with Crippen molar-refractivity contribution >= 4 is 25.2 Å². The van der Waals surface area contributed by atoms with Gasteiger partial charge in [0.1, 0.15) is 0 Å². The van der Waals surface area contributed by atoms with Gasteiger partial charge in [-0.2, -0.15) is 0 Å². The van der Waals surface area contributed by atoms with Crippen LogP contribution in [0.1, 0.15) is 72.8 Å². The van der Waals surface area contributed by atoms with Crippen molar-refractivity contribution in [2.75, 3.05) is 0 Å². The van der Waals surface area contributed by atoms with Crippen molar-refractivity contribution in [2.24, 2.45) is 0 Å². The third-order valence-electron chi connectivity index (χ3n) is 7.21. The lowest BCUT2D eigenvalue weighted by atomic mass is 9.89. The first kappa shape index (κ1) is 23.4. The molecule has 0 radical (unpaired) electrons. The van der Waals surface area contributed by atoms with Crippen LogP contribution in [0, 0.1) is 0 Å². The molecule has 1 aliphatic rings. The van der Waals surface area contributed by atoms with E-state index in [4.69, 9.17) is 4.43 Å². The maximum atomic E-state index is 11.8. The van der Waals surface area contributed by atoms with Crippen LogP contribution < -0.4 is 0 Å². The fourth-order valence-electron chi connectivity index (χ4n) is 4.32. The Morgan fingerprint density at radius 2 is 1.36 bits per heavy atom. The Hall–Kier alpha value is -2.75. The van der Waals surface area contributed by atoms with Gasteiger partial charge in [0, 0.05) is 12.0 Å². The van der Waals surface area contributed by atoms with Crippen molar-refractivity contribution in [1.29, 1.82) is 0 Å². The van der Waals surface area contributed by atoms with Crippen LogP contribution >= 0.6 is 0 Å². The first-order valence-electron chi connectivity index (χ1n) is 11.8. The number of carbonyl (C=O) groups is 1. The number of hydrogen-bond acceptors (Lipinski definition) is 2. The molecule has 0 aromatic heterocycles. The summed E-state index contributed by atoms with van der Waals surface area (Å²) in [5, 5.41) is 0.152. The van der Waals surface area contributed by atoms with Crippen LogP contribution in [0.25, 0.3) is 11.1 Å². The van der Waals surface area contributed by atoms with E-state index in [0.717, 1.165) is 17.5 Å². The molecule has 1 aliphatic carbocycles. The normalized spacial score (nSPS) is 17.6. The molecule has 0 saturated heterocycles. The molecule has 3 aromatic rings. The van der Waals surface area contributed by atoms with Gasteiger partial charge in [0.05, 0.1) is 6.10 Å². The van der Waals surface area contributed by atoms with Gasteiger partial charge in [-0.15, -0.1) is 0 Å². The van der Waals surface area contributed by atoms with Crippen LogP contribution in [0.3, 0.4) is 0 Å². The summed E-state index contributed by atoms with van der Waals surface area (Å²) < 4.78 is 6.95. The lowest BCUT2D eigenvalue weighted by Gasteiger charge is -2.38. The van der Waals surface area contributed by atoms with Crippen LogP contribution in [0.15, 0.2) is 78.9 Å². The monoisotopic (exact) mass is 454 g/mol. The second-order valence-corrected chi connectivity index (χ2v) is 15.3. The molecule has 0 amide bonds. The quantitative estimate of drug-likeness (QED) is 0.286. The van der Waals surface area contributed by atoms with Gasteiger partial charge in [-0.3, -0.25) is 4.79 Å². The first-order chi connectivity index (χ1) is 15.6. The van der Waals surface area contributed by atoms with E-state index in [2.05, 4.69) is 101 Å². The van der Waals surface area contributed by atoms with Crippen molar-refractivity contribution in [3.63, 3.8) is 0 Å². The molecule has 0 fully saturated rings. The maximum absolute atomic E-state index is 11.8. The van der Waals surface area contributed by atoms with Crippen LogP contribution in [0.4, 0.5) is 0 Å². The maximum Gasteiger partial charge on any atom is 0.192 e. The molecule has 3 heteroatoms. The lowest BCUT2D eigenvalue weighted by molar-refractivity contribution is 0.101. The van der Waals surface area contributed by atoms with Gasteiger partial charge in [-0.05, 0) is 58.5 Å². The molecule has 0 saturated carbocycles. The van der Waals surface area contributed by atoms with E-state index in [1.54, 1.807) is 6.92 Å². The molecule has 4 rings (SSSR count). The number of fused-ring (bicyclic) bond motifs is 1. The van der Waals surface area contributed by atoms with Crippen LogP contribution in [0.2, 0.25) is 18.1 Å². The summed E-state index contributed by atoms with van der Waals surface area (Å²) in [6.07, 6.45) is 0.914. The Kier molecular flexibility index (Phi) is 6.30. The standard InChI is InChI=1S/C30H34O2Si/c1-21(31)22-16-18-24(19-17-22)29(23-12-8-7-9-13-23)27-20-28(26-15-11-10-14-25(26)27)32-33(5,6)30(2,3)4/h7-19,28H,20H2,1-6H3/b29-27+. The molecule has 1 unspecified atom stereocenters. The molecular weight excluding hydrogens is 420 g/mol. The number of benzene rings is 3. The van der Waals surface area contributed by atoms with Crippen LogP contribution in [-0.4, -0.2) is 14.1 Å². The highest BCUT2D eigenvalue weighted by Gasteiger charge is 2.41. The average Bonchev–Trinajstić information content (AvgIpc) is 3.12. The first-order valence-corrected chi connectivity index (χ1v) is 14.7. The van der Waals surface area contributed by atoms with E-state index in [1.807, 2.05) is 12.1 Å². The van der Waals surface area contributed by atoms with E-state index in [9.17, 15) is 4.79 Å². The topological polar surface area (TPSA) is 26.3 Å². The number of carbonyl (C=O) groups excluding carboxylic acids is 1. The van der Waals surface area contributed by atoms with E-state index >= 15 is 0 Å². The highest BCUT2D eigenvalue weighted by molar-refractivity contribution is 6.74. The van der Waals surface area contributed by atoms with Crippen molar-refractivity contribution in [3.8, 4) is 0 Å². The highest BCUT2D eigenvalue weighted by Crippen LogP contribution is 2.50. The molecule has 170 valence electrons. The smallest absolute Gasteiger partial charge is 0.192 e. The van der Waals surface area contributed by atoms with Crippen LogP contribution in [-0.2, 0) is 4.43 Å². The van der Waals surface area contributed by atoms with Gasteiger partial charge in [0.15, 0.2) is 14.1 Å².